The lowest BCUT2D eigenvalue weighted by atomic mass is 10.1. The van der Waals surface area contributed by atoms with Crippen LogP contribution < -0.4 is 0 Å². The molecule has 1 heterocycles. The zero-order chi connectivity index (χ0) is 19.3. The summed E-state index contributed by atoms with van der Waals surface area (Å²) in [7, 11) is 0. The number of aryl methyl sites for hydroxylation is 1. The van der Waals surface area contributed by atoms with Crippen molar-refractivity contribution in [2.75, 3.05) is 13.2 Å². The van der Waals surface area contributed by atoms with Crippen LogP contribution in [0.5, 0.6) is 0 Å². The molecule has 0 unspecified atom stereocenters. The second-order valence-electron chi connectivity index (χ2n) is 5.73. The van der Waals surface area contributed by atoms with Gasteiger partial charge in [-0.25, -0.2) is 4.79 Å². The van der Waals surface area contributed by atoms with Gasteiger partial charge >= 0.3 is 11.9 Å². The van der Waals surface area contributed by atoms with Crippen molar-refractivity contribution in [3.63, 3.8) is 0 Å². The highest BCUT2D eigenvalue weighted by Gasteiger charge is 2.23. The van der Waals surface area contributed by atoms with E-state index in [1.165, 1.54) is 0 Å². The number of carbonyl (C=O) groups excluding carboxylic acids is 3. The summed E-state index contributed by atoms with van der Waals surface area (Å²) in [5.74, 6) is -1.42. The summed E-state index contributed by atoms with van der Waals surface area (Å²) in [6, 6.07) is 6.79. The summed E-state index contributed by atoms with van der Waals surface area (Å²) in [5, 5.41) is 0.576. The van der Waals surface area contributed by atoms with E-state index >= 15 is 0 Å². The Kier molecular flexibility index (Phi) is 6.58. The minimum absolute atomic E-state index is 0.0429. The molecule has 138 valence electrons. The highest BCUT2D eigenvalue weighted by atomic mass is 35.5. The number of hydrogen-bond donors (Lipinski definition) is 1. The first-order valence-corrected chi connectivity index (χ1v) is 8.50. The van der Waals surface area contributed by atoms with E-state index in [0.717, 1.165) is 5.56 Å². The van der Waals surface area contributed by atoms with Crippen molar-refractivity contribution in [1.29, 1.82) is 0 Å². The number of nitrogens with one attached hydrogen (secondary N) is 1. The predicted molar refractivity (Wildman–Crippen MR) is 96.7 cm³/mol. The third-order valence-corrected chi connectivity index (χ3v) is 4.07. The van der Waals surface area contributed by atoms with Crippen LogP contribution in [0.15, 0.2) is 24.3 Å². The van der Waals surface area contributed by atoms with Crippen LogP contribution in [0, 0.1) is 13.8 Å². The number of benzene rings is 1. The molecule has 6 nitrogen and oxygen atoms in total. The maximum atomic E-state index is 12.3. The monoisotopic (exact) mass is 377 g/mol. The number of Topliss-reactive ketones (excluding diaryl/α,β-unsaturated/α-hetero) is 1. The number of halogens is 1. The van der Waals surface area contributed by atoms with Crippen molar-refractivity contribution >= 4 is 29.3 Å². The Morgan fingerprint density at radius 1 is 1.08 bits per heavy atom. The normalized spacial score (nSPS) is 10.5. The Labute approximate surface area is 156 Å². The molecule has 1 N–H and O–H groups in total. The van der Waals surface area contributed by atoms with Gasteiger partial charge in [0.1, 0.15) is 0 Å². The van der Waals surface area contributed by atoms with E-state index in [1.54, 1.807) is 45.0 Å². The molecular weight excluding hydrogens is 358 g/mol. The van der Waals surface area contributed by atoms with Gasteiger partial charge in [-0.05, 0) is 44.0 Å². The average molecular weight is 378 g/mol. The standard InChI is InChI=1S/C19H20ClNO5/c1-4-25-19(24)17-11(2)18(21-12(17)3)15(22)10-26-16(23)9-13-5-7-14(20)8-6-13/h5-8,21H,4,9-10H2,1-3H3. The van der Waals surface area contributed by atoms with Gasteiger partial charge in [0, 0.05) is 10.7 Å². The first kappa shape index (κ1) is 19.7. The topological polar surface area (TPSA) is 85.5 Å². The fourth-order valence-electron chi connectivity index (χ4n) is 2.58. The Balaban J connectivity index is 1.99. The first-order chi connectivity index (χ1) is 12.3. The molecule has 26 heavy (non-hydrogen) atoms. The second-order valence-corrected chi connectivity index (χ2v) is 6.17. The fraction of sp³-hybridized carbons (Fsp3) is 0.316. The van der Waals surface area contributed by atoms with Crippen molar-refractivity contribution in [3.05, 3.63) is 57.4 Å². The van der Waals surface area contributed by atoms with Gasteiger partial charge in [-0.3, -0.25) is 9.59 Å². The van der Waals surface area contributed by atoms with Crippen LogP contribution in [0.3, 0.4) is 0 Å². The summed E-state index contributed by atoms with van der Waals surface area (Å²) in [6.45, 7) is 4.88. The largest absolute Gasteiger partial charge is 0.462 e. The third-order valence-electron chi connectivity index (χ3n) is 3.82. The van der Waals surface area contributed by atoms with Crippen molar-refractivity contribution in [2.24, 2.45) is 0 Å². The summed E-state index contributed by atoms with van der Waals surface area (Å²) in [6.07, 6.45) is 0.0429. The van der Waals surface area contributed by atoms with E-state index in [2.05, 4.69) is 4.98 Å². The average Bonchev–Trinajstić information content (AvgIpc) is 2.89. The Morgan fingerprint density at radius 2 is 1.73 bits per heavy atom. The molecular formula is C19H20ClNO5. The van der Waals surface area contributed by atoms with E-state index < -0.39 is 24.3 Å². The Hall–Kier alpha value is -2.60. The van der Waals surface area contributed by atoms with E-state index in [1.807, 2.05) is 0 Å². The summed E-state index contributed by atoms with van der Waals surface area (Å²) in [5.41, 5.74) is 2.34. The Bertz CT molecular complexity index is 823. The summed E-state index contributed by atoms with van der Waals surface area (Å²) >= 11 is 5.79. The number of aromatic amines is 1. The number of hydrogen-bond acceptors (Lipinski definition) is 5. The maximum absolute atomic E-state index is 12.3. The summed E-state index contributed by atoms with van der Waals surface area (Å²) in [4.78, 5) is 39.1. The van der Waals surface area contributed by atoms with Crippen molar-refractivity contribution in [2.45, 2.75) is 27.2 Å². The molecule has 0 atom stereocenters. The molecule has 0 amide bonds. The van der Waals surface area contributed by atoms with E-state index in [0.29, 0.717) is 21.8 Å². The van der Waals surface area contributed by atoms with Gasteiger partial charge < -0.3 is 14.5 Å². The third kappa shape index (κ3) is 4.73. The van der Waals surface area contributed by atoms with Gasteiger partial charge in [-0.15, -0.1) is 0 Å². The van der Waals surface area contributed by atoms with Gasteiger partial charge in [0.05, 0.1) is 24.3 Å². The van der Waals surface area contributed by atoms with Crippen LogP contribution in [0.1, 0.15) is 44.6 Å². The van der Waals surface area contributed by atoms with E-state index in [9.17, 15) is 14.4 Å². The highest BCUT2D eigenvalue weighted by Crippen LogP contribution is 2.19. The molecule has 1 aromatic heterocycles. The number of H-pyrrole nitrogens is 1. The Morgan fingerprint density at radius 3 is 2.35 bits per heavy atom. The number of aromatic nitrogens is 1. The smallest absolute Gasteiger partial charge is 0.340 e. The predicted octanol–water partition coefficient (Wildman–Crippen LogP) is 3.43. The van der Waals surface area contributed by atoms with Gasteiger partial charge in [-0.1, -0.05) is 23.7 Å². The van der Waals surface area contributed by atoms with Gasteiger partial charge in [0.15, 0.2) is 6.61 Å². The zero-order valence-corrected chi connectivity index (χ0v) is 15.6. The number of carbonyl (C=O) groups is 3. The van der Waals surface area contributed by atoms with E-state index in [4.69, 9.17) is 21.1 Å². The molecule has 0 aliphatic carbocycles. The lowest BCUT2D eigenvalue weighted by Gasteiger charge is -2.05. The van der Waals surface area contributed by atoms with Crippen LogP contribution in [0.4, 0.5) is 0 Å². The van der Waals surface area contributed by atoms with Gasteiger partial charge in [0.25, 0.3) is 0 Å². The molecule has 2 rings (SSSR count). The quantitative estimate of drug-likeness (QED) is 0.590. The van der Waals surface area contributed by atoms with Crippen LogP contribution in [-0.2, 0) is 20.7 Å². The van der Waals surface area contributed by atoms with Crippen LogP contribution in [-0.4, -0.2) is 35.9 Å². The molecule has 0 bridgehead atoms. The highest BCUT2D eigenvalue weighted by molar-refractivity contribution is 6.30. The zero-order valence-electron chi connectivity index (χ0n) is 14.8. The molecule has 1 aromatic carbocycles. The number of ether oxygens (including phenoxy) is 2. The van der Waals surface area contributed by atoms with Crippen LogP contribution >= 0.6 is 11.6 Å². The SMILES string of the molecule is CCOC(=O)c1c(C)[nH]c(C(=O)COC(=O)Cc2ccc(Cl)cc2)c1C. The molecule has 0 aliphatic rings. The molecule has 0 spiro atoms. The van der Waals surface area contributed by atoms with Crippen LogP contribution in [0.2, 0.25) is 5.02 Å². The number of ketones is 1. The molecule has 0 radical (unpaired) electrons. The maximum Gasteiger partial charge on any atom is 0.340 e. The minimum atomic E-state index is -0.521. The van der Waals surface area contributed by atoms with Gasteiger partial charge in [-0.2, -0.15) is 0 Å². The second kappa shape index (κ2) is 8.67. The van der Waals surface area contributed by atoms with Crippen molar-refractivity contribution in [1.82, 2.24) is 4.98 Å². The lowest BCUT2D eigenvalue weighted by molar-refractivity contribution is -0.141. The molecule has 0 saturated heterocycles. The number of esters is 2. The molecule has 0 fully saturated rings. The van der Waals surface area contributed by atoms with Crippen LogP contribution in [0.25, 0.3) is 0 Å². The van der Waals surface area contributed by atoms with Crippen molar-refractivity contribution in [3.8, 4) is 0 Å². The lowest BCUT2D eigenvalue weighted by Crippen LogP contribution is -2.17. The molecule has 0 saturated carbocycles. The first-order valence-electron chi connectivity index (χ1n) is 8.13. The summed E-state index contributed by atoms with van der Waals surface area (Å²) < 4.78 is 10.0. The van der Waals surface area contributed by atoms with Crippen molar-refractivity contribution < 1.29 is 23.9 Å². The fourth-order valence-corrected chi connectivity index (χ4v) is 2.70. The number of rotatable bonds is 7. The molecule has 7 heteroatoms. The van der Waals surface area contributed by atoms with Gasteiger partial charge in [0.2, 0.25) is 5.78 Å². The van der Waals surface area contributed by atoms with E-state index in [-0.39, 0.29) is 18.7 Å². The molecule has 0 aliphatic heterocycles. The molecule has 2 aromatic rings. The minimum Gasteiger partial charge on any atom is -0.462 e.